The van der Waals surface area contributed by atoms with Gasteiger partial charge in [0.25, 0.3) is 0 Å². The highest BCUT2D eigenvalue weighted by Gasteiger charge is 2.49. The number of rotatable bonds is 4. The number of aliphatic hydroxyl groups excluding tert-OH is 1. The van der Waals surface area contributed by atoms with E-state index in [2.05, 4.69) is 27.8 Å². The largest absolute Gasteiger partial charge is 0.391 e. The van der Waals surface area contributed by atoms with Gasteiger partial charge in [-0.1, -0.05) is 48.4 Å². The van der Waals surface area contributed by atoms with Gasteiger partial charge in [-0.05, 0) is 31.2 Å². The molecule has 1 aromatic carbocycles. The second kappa shape index (κ2) is 7.92. The molecule has 3 heterocycles. The molecule has 2 aliphatic heterocycles. The summed E-state index contributed by atoms with van der Waals surface area (Å²) < 4.78 is 5.45. The summed E-state index contributed by atoms with van der Waals surface area (Å²) in [6, 6.07) is 9.69. The van der Waals surface area contributed by atoms with E-state index < -0.39 is 17.7 Å². The predicted octanol–water partition coefficient (Wildman–Crippen LogP) is 2.81. The van der Waals surface area contributed by atoms with Gasteiger partial charge < -0.3 is 24.7 Å². The molecular formula is C24H30N4O4. The normalized spacial score (nSPS) is 27.8. The number of carbonyl (C=O) groups excluding carboxylic acids is 1. The Bertz CT molecular complexity index is 1050. The van der Waals surface area contributed by atoms with Gasteiger partial charge in [0.05, 0.1) is 17.8 Å². The van der Waals surface area contributed by atoms with Gasteiger partial charge in [-0.2, -0.15) is 0 Å². The first kappa shape index (κ1) is 21.0. The number of β-amino-alcohol motifs (C(OH)–C–C–N with tert-alkyl or cyclic N) is 1. The highest BCUT2D eigenvalue weighted by atomic mass is 16.7. The lowest BCUT2D eigenvalue weighted by atomic mass is 9.84. The fourth-order valence-corrected chi connectivity index (χ4v) is 5.30. The van der Waals surface area contributed by atoms with Crippen LogP contribution in [0.25, 0.3) is 0 Å². The molecular weight excluding hydrogens is 408 g/mol. The molecule has 3 aliphatic rings. The number of oxime groups is 1. The molecule has 1 fully saturated rings. The summed E-state index contributed by atoms with van der Waals surface area (Å²) in [5.74, 6) is 0.601. The zero-order valence-corrected chi connectivity index (χ0v) is 18.7. The van der Waals surface area contributed by atoms with Crippen molar-refractivity contribution in [3.63, 3.8) is 0 Å². The maximum atomic E-state index is 13.7. The molecule has 5 rings (SSSR count). The summed E-state index contributed by atoms with van der Waals surface area (Å²) in [4.78, 5) is 21.4. The minimum atomic E-state index is -0.702. The number of nitrogens with one attached hydrogen (secondary N) is 1. The average molecular weight is 439 g/mol. The standard InChI is InChI=1S/C24H30N4O4/c1-14(2)21(20-11-15(3)26-31-20)23(30)28-13-17(29)12-19(28)22-25-24(32-27-22)10-6-8-16-7-4-5-9-18(16)24/h4-5,7,9,11,14,17,19,21,29H,6,8,10,12-13H2,1-3H3,(H,25,27)/t17-,19+,21+,24-/m1/s1. The molecule has 170 valence electrons. The monoisotopic (exact) mass is 438 g/mol. The maximum Gasteiger partial charge on any atom is 0.234 e. The Kier molecular flexibility index (Phi) is 5.20. The number of amidine groups is 1. The number of hydrogen-bond donors (Lipinski definition) is 2. The number of aryl methyl sites for hydroxylation is 2. The van der Waals surface area contributed by atoms with E-state index in [1.165, 1.54) is 5.56 Å². The number of benzene rings is 1. The van der Waals surface area contributed by atoms with Crippen molar-refractivity contribution in [2.75, 3.05) is 6.54 Å². The SMILES string of the molecule is Cc1cc([C@@H](C(=O)N2C[C@H](O)C[C@H]2C2=NO[C@@]3(CCCc4ccccc43)N2)C(C)C)on1. The van der Waals surface area contributed by atoms with Crippen LogP contribution in [0.15, 0.2) is 40.0 Å². The first-order valence-electron chi connectivity index (χ1n) is 11.4. The number of likely N-dealkylation sites (tertiary alicyclic amines) is 1. The number of fused-ring (bicyclic) bond motifs is 2. The van der Waals surface area contributed by atoms with E-state index in [1.807, 2.05) is 39.0 Å². The molecule has 32 heavy (non-hydrogen) atoms. The van der Waals surface area contributed by atoms with E-state index in [-0.39, 0.29) is 24.4 Å². The number of aliphatic hydroxyl groups is 1. The van der Waals surface area contributed by atoms with Crippen molar-refractivity contribution in [2.24, 2.45) is 11.1 Å². The van der Waals surface area contributed by atoms with Gasteiger partial charge in [0.15, 0.2) is 5.84 Å². The highest BCUT2D eigenvalue weighted by molar-refractivity contribution is 5.94. The van der Waals surface area contributed by atoms with E-state index in [0.717, 1.165) is 30.5 Å². The Balaban J connectivity index is 1.41. The molecule has 1 aromatic heterocycles. The molecule has 8 nitrogen and oxygen atoms in total. The molecule has 1 aliphatic carbocycles. The van der Waals surface area contributed by atoms with Crippen LogP contribution < -0.4 is 5.32 Å². The number of nitrogens with zero attached hydrogens (tertiary/aromatic N) is 3. The van der Waals surface area contributed by atoms with Crippen LogP contribution in [0.1, 0.15) is 61.6 Å². The Morgan fingerprint density at radius 1 is 1.34 bits per heavy atom. The van der Waals surface area contributed by atoms with Crippen LogP contribution in [0.5, 0.6) is 0 Å². The fourth-order valence-electron chi connectivity index (χ4n) is 5.30. The van der Waals surface area contributed by atoms with Crippen LogP contribution >= 0.6 is 0 Å². The van der Waals surface area contributed by atoms with Crippen LogP contribution in [0.4, 0.5) is 0 Å². The second-order valence-corrected chi connectivity index (χ2v) is 9.52. The van der Waals surface area contributed by atoms with Crippen molar-refractivity contribution in [2.45, 2.75) is 70.2 Å². The molecule has 2 aromatic rings. The van der Waals surface area contributed by atoms with Gasteiger partial charge in [-0.3, -0.25) is 4.79 Å². The van der Waals surface area contributed by atoms with Crippen molar-refractivity contribution in [3.05, 3.63) is 52.9 Å². The molecule has 2 N–H and O–H groups in total. The van der Waals surface area contributed by atoms with E-state index in [4.69, 9.17) is 9.36 Å². The number of hydrogen-bond acceptors (Lipinski definition) is 7. The van der Waals surface area contributed by atoms with Gasteiger partial charge >= 0.3 is 0 Å². The van der Waals surface area contributed by atoms with Gasteiger partial charge in [-0.15, -0.1) is 0 Å². The molecule has 0 radical (unpaired) electrons. The summed E-state index contributed by atoms with van der Waals surface area (Å²) in [6.45, 7) is 6.08. The molecule has 0 unspecified atom stereocenters. The van der Waals surface area contributed by atoms with Crippen molar-refractivity contribution < 1.29 is 19.3 Å². The van der Waals surface area contributed by atoms with Crippen LogP contribution in [-0.2, 0) is 21.8 Å². The van der Waals surface area contributed by atoms with Gasteiger partial charge in [0.2, 0.25) is 11.6 Å². The van der Waals surface area contributed by atoms with Gasteiger partial charge in [-0.25, -0.2) is 0 Å². The third kappa shape index (κ3) is 3.46. The fraction of sp³-hybridized carbons (Fsp3) is 0.542. The maximum absolute atomic E-state index is 13.7. The summed E-state index contributed by atoms with van der Waals surface area (Å²) in [7, 11) is 0. The topological polar surface area (TPSA) is 100 Å². The lowest BCUT2D eigenvalue weighted by molar-refractivity contribution is -0.134. The van der Waals surface area contributed by atoms with Crippen molar-refractivity contribution in [1.29, 1.82) is 0 Å². The molecule has 0 bridgehead atoms. The lowest BCUT2D eigenvalue weighted by Gasteiger charge is -2.35. The Hall–Kier alpha value is -2.87. The number of aromatic nitrogens is 1. The molecule has 8 heteroatoms. The van der Waals surface area contributed by atoms with Crippen molar-refractivity contribution >= 4 is 11.7 Å². The Labute approximate surface area is 187 Å². The minimum Gasteiger partial charge on any atom is -0.391 e. The van der Waals surface area contributed by atoms with Gasteiger partial charge in [0.1, 0.15) is 11.7 Å². The van der Waals surface area contributed by atoms with E-state index in [1.54, 1.807) is 4.90 Å². The summed E-state index contributed by atoms with van der Waals surface area (Å²) >= 11 is 0. The zero-order chi connectivity index (χ0) is 22.5. The average Bonchev–Trinajstić information content (AvgIpc) is 3.48. The van der Waals surface area contributed by atoms with Gasteiger partial charge in [0, 0.05) is 31.0 Å². The van der Waals surface area contributed by atoms with Crippen molar-refractivity contribution in [1.82, 2.24) is 15.4 Å². The van der Waals surface area contributed by atoms with Crippen LogP contribution in [0.2, 0.25) is 0 Å². The second-order valence-electron chi connectivity index (χ2n) is 9.52. The van der Waals surface area contributed by atoms with Crippen LogP contribution in [0.3, 0.4) is 0 Å². The first-order chi connectivity index (χ1) is 15.4. The number of amides is 1. The zero-order valence-electron chi connectivity index (χ0n) is 18.7. The third-order valence-corrected chi connectivity index (χ3v) is 6.82. The highest BCUT2D eigenvalue weighted by Crippen LogP contribution is 2.40. The molecule has 4 atom stereocenters. The lowest BCUT2D eigenvalue weighted by Crippen LogP contribution is -2.52. The minimum absolute atomic E-state index is 0.0135. The Morgan fingerprint density at radius 3 is 2.91 bits per heavy atom. The predicted molar refractivity (Wildman–Crippen MR) is 118 cm³/mol. The summed E-state index contributed by atoms with van der Waals surface area (Å²) in [6.07, 6.45) is 2.60. The molecule has 1 saturated heterocycles. The van der Waals surface area contributed by atoms with E-state index in [9.17, 15) is 9.90 Å². The Morgan fingerprint density at radius 2 is 2.16 bits per heavy atom. The smallest absolute Gasteiger partial charge is 0.234 e. The summed E-state index contributed by atoms with van der Waals surface area (Å²) in [5, 5.41) is 22.4. The molecule has 1 amide bonds. The van der Waals surface area contributed by atoms with Crippen molar-refractivity contribution in [3.8, 4) is 0 Å². The van der Waals surface area contributed by atoms with Crippen LogP contribution in [0, 0.1) is 12.8 Å². The first-order valence-corrected chi connectivity index (χ1v) is 11.4. The molecule has 0 saturated carbocycles. The third-order valence-electron chi connectivity index (χ3n) is 6.82. The summed E-state index contributed by atoms with van der Waals surface area (Å²) in [5.41, 5.74) is 2.39. The molecule has 1 spiro atoms. The quantitative estimate of drug-likeness (QED) is 0.761. The van der Waals surface area contributed by atoms with E-state index >= 15 is 0 Å². The number of carbonyl (C=O) groups is 1. The van der Waals surface area contributed by atoms with Crippen LogP contribution in [-0.4, -0.2) is 45.6 Å². The van der Waals surface area contributed by atoms with E-state index in [0.29, 0.717) is 18.0 Å².